The first-order valence-corrected chi connectivity index (χ1v) is 5.13. The lowest BCUT2D eigenvalue weighted by Crippen LogP contribution is -2.24. The average molecular weight is 212 g/mol. The predicted octanol–water partition coefficient (Wildman–Crippen LogP) is 1.05. The fourth-order valence-electron chi connectivity index (χ4n) is 0.967. The van der Waals surface area contributed by atoms with Crippen LogP contribution in [0.4, 0.5) is 0 Å². The molecular weight excluding hydrogens is 200 g/mol. The third-order valence-corrected chi connectivity index (χ3v) is 2.37. The molecule has 1 heterocycles. The SMILES string of the molecule is CC(=O)CC(=O)NCc1csc(C)n1. The summed E-state index contributed by atoms with van der Waals surface area (Å²) in [4.78, 5) is 25.9. The molecule has 0 radical (unpaired) electrons. The van der Waals surface area contributed by atoms with E-state index in [-0.39, 0.29) is 18.1 Å². The summed E-state index contributed by atoms with van der Waals surface area (Å²) in [7, 11) is 0. The lowest BCUT2D eigenvalue weighted by Gasteiger charge is -2.00. The number of amides is 1. The van der Waals surface area contributed by atoms with Crippen molar-refractivity contribution in [1.82, 2.24) is 10.3 Å². The van der Waals surface area contributed by atoms with E-state index in [1.165, 1.54) is 6.92 Å². The minimum atomic E-state index is -0.247. The van der Waals surface area contributed by atoms with Crippen molar-refractivity contribution < 1.29 is 9.59 Å². The zero-order valence-corrected chi connectivity index (χ0v) is 8.98. The molecule has 76 valence electrons. The second-order valence-corrected chi connectivity index (χ2v) is 4.08. The molecule has 0 aromatic carbocycles. The maximum atomic E-state index is 11.1. The molecule has 1 N–H and O–H groups in total. The molecule has 0 saturated carbocycles. The third-order valence-electron chi connectivity index (χ3n) is 1.54. The standard InChI is InChI=1S/C9H12N2O2S/c1-6(12)3-9(13)10-4-8-5-14-7(2)11-8/h5H,3-4H2,1-2H3,(H,10,13). The number of carbonyl (C=O) groups excluding carboxylic acids is 2. The molecule has 0 bridgehead atoms. The molecule has 5 heteroatoms. The van der Waals surface area contributed by atoms with Crippen molar-refractivity contribution in [1.29, 1.82) is 0 Å². The minimum Gasteiger partial charge on any atom is -0.350 e. The Balaban J connectivity index is 2.34. The molecule has 0 atom stereocenters. The highest BCUT2D eigenvalue weighted by molar-refractivity contribution is 7.09. The molecule has 0 aliphatic carbocycles. The number of nitrogens with one attached hydrogen (secondary N) is 1. The van der Waals surface area contributed by atoms with Crippen LogP contribution in [0.3, 0.4) is 0 Å². The van der Waals surface area contributed by atoms with Crippen LogP contribution >= 0.6 is 11.3 Å². The van der Waals surface area contributed by atoms with Gasteiger partial charge in [-0.15, -0.1) is 11.3 Å². The van der Waals surface area contributed by atoms with Crippen molar-refractivity contribution >= 4 is 23.0 Å². The Morgan fingerprint density at radius 3 is 2.79 bits per heavy atom. The van der Waals surface area contributed by atoms with E-state index in [0.29, 0.717) is 6.54 Å². The van der Waals surface area contributed by atoms with Gasteiger partial charge >= 0.3 is 0 Å². The lowest BCUT2D eigenvalue weighted by atomic mass is 10.3. The molecule has 0 unspecified atom stereocenters. The number of aromatic nitrogens is 1. The van der Waals surface area contributed by atoms with Crippen LogP contribution in [-0.4, -0.2) is 16.7 Å². The predicted molar refractivity (Wildman–Crippen MR) is 54.0 cm³/mol. The van der Waals surface area contributed by atoms with Gasteiger partial charge in [-0.3, -0.25) is 9.59 Å². The van der Waals surface area contributed by atoms with Crippen LogP contribution in [-0.2, 0) is 16.1 Å². The van der Waals surface area contributed by atoms with E-state index in [2.05, 4.69) is 10.3 Å². The van der Waals surface area contributed by atoms with Crippen LogP contribution in [0.15, 0.2) is 5.38 Å². The van der Waals surface area contributed by atoms with Gasteiger partial charge in [0.25, 0.3) is 0 Å². The van der Waals surface area contributed by atoms with E-state index in [4.69, 9.17) is 0 Å². The van der Waals surface area contributed by atoms with E-state index >= 15 is 0 Å². The number of hydrogen-bond donors (Lipinski definition) is 1. The van der Waals surface area contributed by atoms with Crippen molar-refractivity contribution in [3.8, 4) is 0 Å². The summed E-state index contributed by atoms with van der Waals surface area (Å²) in [5.41, 5.74) is 0.837. The Hall–Kier alpha value is -1.23. The molecule has 4 nitrogen and oxygen atoms in total. The largest absolute Gasteiger partial charge is 0.350 e. The molecular formula is C9H12N2O2S. The second kappa shape index (κ2) is 4.85. The van der Waals surface area contributed by atoms with E-state index in [0.717, 1.165) is 10.7 Å². The summed E-state index contributed by atoms with van der Waals surface area (Å²) in [6.07, 6.45) is -0.0525. The molecule has 1 aromatic heterocycles. The van der Waals surface area contributed by atoms with Crippen LogP contribution in [0.2, 0.25) is 0 Å². The van der Waals surface area contributed by atoms with Crippen molar-refractivity contribution in [3.63, 3.8) is 0 Å². The molecule has 0 saturated heterocycles. The number of rotatable bonds is 4. The monoisotopic (exact) mass is 212 g/mol. The Morgan fingerprint density at radius 1 is 1.57 bits per heavy atom. The molecule has 0 spiro atoms. The number of thiazole rings is 1. The smallest absolute Gasteiger partial charge is 0.227 e. The van der Waals surface area contributed by atoms with Gasteiger partial charge in [-0.05, 0) is 13.8 Å². The van der Waals surface area contributed by atoms with E-state index in [1.807, 2.05) is 12.3 Å². The number of ketones is 1. The molecule has 0 fully saturated rings. The molecule has 1 amide bonds. The van der Waals surface area contributed by atoms with Crippen molar-refractivity contribution in [2.45, 2.75) is 26.8 Å². The first-order valence-electron chi connectivity index (χ1n) is 4.25. The second-order valence-electron chi connectivity index (χ2n) is 3.01. The summed E-state index contributed by atoms with van der Waals surface area (Å²) >= 11 is 1.54. The van der Waals surface area contributed by atoms with Gasteiger partial charge in [0.15, 0.2) is 0 Å². The van der Waals surface area contributed by atoms with Crippen LogP contribution < -0.4 is 5.32 Å². The van der Waals surface area contributed by atoms with Gasteiger partial charge in [0.05, 0.1) is 23.7 Å². The fraction of sp³-hybridized carbons (Fsp3) is 0.444. The first kappa shape index (κ1) is 10.8. The van der Waals surface area contributed by atoms with E-state index in [1.54, 1.807) is 11.3 Å². The van der Waals surface area contributed by atoms with Crippen molar-refractivity contribution in [2.75, 3.05) is 0 Å². The lowest BCUT2D eigenvalue weighted by molar-refractivity contribution is -0.127. The van der Waals surface area contributed by atoms with Gasteiger partial charge in [-0.2, -0.15) is 0 Å². The van der Waals surface area contributed by atoms with Gasteiger partial charge in [0.2, 0.25) is 5.91 Å². The maximum Gasteiger partial charge on any atom is 0.227 e. The van der Waals surface area contributed by atoms with Gasteiger partial charge in [-0.1, -0.05) is 0 Å². The van der Waals surface area contributed by atoms with E-state index in [9.17, 15) is 9.59 Å². The third kappa shape index (κ3) is 3.66. The van der Waals surface area contributed by atoms with Crippen LogP contribution in [0.1, 0.15) is 24.0 Å². The van der Waals surface area contributed by atoms with Gasteiger partial charge in [0.1, 0.15) is 5.78 Å². The molecule has 0 aliphatic rings. The summed E-state index contributed by atoms with van der Waals surface area (Å²) in [6, 6.07) is 0. The van der Waals surface area contributed by atoms with E-state index < -0.39 is 0 Å². The normalized spacial score (nSPS) is 9.86. The number of nitrogens with zero attached hydrogens (tertiary/aromatic N) is 1. The maximum absolute atomic E-state index is 11.1. The summed E-state index contributed by atoms with van der Waals surface area (Å²) in [5.74, 6) is -0.375. The zero-order chi connectivity index (χ0) is 10.6. The number of Topliss-reactive ketones (excluding diaryl/α,β-unsaturated/α-hetero) is 1. The Morgan fingerprint density at radius 2 is 2.29 bits per heavy atom. The van der Waals surface area contributed by atoms with Gasteiger partial charge < -0.3 is 5.32 Å². The average Bonchev–Trinajstić information content (AvgIpc) is 2.47. The topological polar surface area (TPSA) is 59.1 Å². The summed E-state index contributed by atoms with van der Waals surface area (Å²) < 4.78 is 0. The zero-order valence-electron chi connectivity index (χ0n) is 8.16. The van der Waals surface area contributed by atoms with Crippen LogP contribution in [0.5, 0.6) is 0 Å². The Kier molecular flexibility index (Phi) is 3.76. The minimum absolute atomic E-state index is 0.0525. The van der Waals surface area contributed by atoms with Crippen molar-refractivity contribution in [2.24, 2.45) is 0 Å². The molecule has 1 rings (SSSR count). The number of carbonyl (C=O) groups is 2. The quantitative estimate of drug-likeness (QED) is 0.759. The van der Waals surface area contributed by atoms with Crippen LogP contribution in [0.25, 0.3) is 0 Å². The number of aryl methyl sites for hydroxylation is 1. The van der Waals surface area contributed by atoms with Crippen molar-refractivity contribution in [3.05, 3.63) is 16.1 Å². The highest BCUT2D eigenvalue weighted by Crippen LogP contribution is 2.07. The summed E-state index contributed by atoms with van der Waals surface area (Å²) in [5, 5.41) is 5.49. The van der Waals surface area contributed by atoms with Gasteiger partial charge in [-0.25, -0.2) is 4.98 Å². The first-order chi connectivity index (χ1) is 6.58. The Bertz CT molecular complexity index is 346. The highest BCUT2D eigenvalue weighted by atomic mass is 32.1. The molecule has 1 aromatic rings. The summed E-state index contributed by atoms with van der Waals surface area (Å²) in [6.45, 7) is 3.70. The number of hydrogen-bond acceptors (Lipinski definition) is 4. The van der Waals surface area contributed by atoms with Gasteiger partial charge in [0, 0.05) is 5.38 Å². The Labute approximate surface area is 86.4 Å². The fourth-order valence-corrected chi connectivity index (χ4v) is 1.58. The molecule has 0 aliphatic heterocycles. The highest BCUT2D eigenvalue weighted by Gasteiger charge is 2.05. The molecule has 14 heavy (non-hydrogen) atoms. The van der Waals surface area contributed by atoms with Crippen LogP contribution in [0, 0.1) is 6.92 Å².